The average Bonchev–Trinajstić information content (AvgIpc) is 1.94. The van der Waals surface area contributed by atoms with E-state index in [1.54, 1.807) is 14.2 Å². The highest BCUT2D eigenvalue weighted by Gasteiger charge is 2.38. The third kappa shape index (κ3) is 10.9. The van der Waals surface area contributed by atoms with Gasteiger partial charge in [0.25, 0.3) is 0 Å². The SMILES string of the molecule is COc1ccc(C(OCCC/[N+](CCO)=c2\ccc3c(-c4ccc(N(c5cccc6ccccc56)c5cccc6ccccc56)cc4)c4ccc(N(c5ccccc5)C5CCCCC5)cc4oc-3c2)(c2ccccc2)c2ccc(OC)cc2)cc1. The van der Waals surface area contributed by atoms with E-state index in [9.17, 15) is 5.11 Å². The Hall–Kier alpha value is -9.47. The number of hydrogen-bond acceptors (Lipinski definition) is 7. The van der Waals surface area contributed by atoms with Crippen LogP contribution in [-0.4, -0.2) is 51.7 Å². The Labute approximate surface area is 498 Å². The van der Waals surface area contributed by atoms with E-state index in [1.807, 2.05) is 30.3 Å². The number of fused-ring (bicyclic) bond motifs is 4. The van der Waals surface area contributed by atoms with Crippen LogP contribution < -0.4 is 29.2 Å². The van der Waals surface area contributed by atoms with Crippen molar-refractivity contribution >= 4 is 61.0 Å². The molecule has 13 rings (SSSR count). The molecular formula is C77H70N3O5+. The zero-order chi connectivity index (χ0) is 57.5. The van der Waals surface area contributed by atoms with E-state index in [4.69, 9.17) is 18.6 Å². The normalized spacial score (nSPS) is 13.3. The molecule has 2 aliphatic carbocycles. The molecule has 0 spiro atoms. The number of anilines is 5. The zero-order valence-corrected chi connectivity index (χ0v) is 48.3. The number of methoxy groups -OCH3 is 2. The minimum atomic E-state index is -0.949. The highest BCUT2D eigenvalue weighted by atomic mass is 16.5. The zero-order valence-electron chi connectivity index (χ0n) is 48.3. The molecule has 8 nitrogen and oxygen atoms in total. The van der Waals surface area contributed by atoms with Crippen molar-refractivity contribution in [3.63, 3.8) is 0 Å². The molecule has 422 valence electrons. The van der Waals surface area contributed by atoms with Crippen LogP contribution in [0, 0.1) is 0 Å². The third-order valence-corrected chi connectivity index (χ3v) is 17.2. The molecule has 0 aromatic heterocycles. The van der Waals surface area contributed by atoms with Gasteiger partial charge in [-0.1, -0.05) is 177 Å². The number of nitrogens with zero attached hydrogens (tertiary/aromatic N) is 3. The van der Waals surface area contributed by atoms with E-state index >= 15 is 0 Å². The number of para-hydroxylation sites is 1. The molecule has 8 heteroatoms. The van der Waals surface area contributed by atoms with Crippen molar-refractivity contribution in [1.29, 1.82) is 0 Å². The first-order valence-corrected chi connectivity index (χ1v) is 29.9. The Kier molecular flexibility index (Phi) is 16.0. The first kappa shape index (κ1) is 54.8. The summed E-state index contributed by atoms with van der Waals surface area (Å²) in [4.78, 5) is 4.95. The van der Waals surface area contributed by atoms with Crippen molar-refractivity contribution < 1.29 is 23.7 Å². The summed E-state index contributed by atoms with van der Waals surface area (Å²) < 4.78 is 28.0. The van der Waals surface area contributed by atoms with Gasteiger partial charge in [-0.05, 0) is 125 Å². The van der Waals surface area contributed by atoms with Crippen LogP contribution in [0.1, 0.15) is 55.2 Å². The fraction of sp³-hybridized carbons (Fsp3) is 0.182. The molecule has 1 aliphatic heterocycles. The first-order valence-electron chi connectivity index (χ1n) is 29.9. The predicted octanol–water partition coefficient (Wildman–Crippen LogP) is 17.6. The minimum absolute atomic E-state index is 0.0224. The summed E-state index contributed by atoms with van der Waals surface area (Å²) in [7, 11) is 3.37. The second-order valence-electron chi connectivity index (χ2n) is 22.1. The first-order chi connectivity index (χ1) is 42.0. The molecule has 85 heavy (non-hydrogen) atoms. The van der Waals surface area contributed by atoms with Crippen LogP contribution in [0.3, 0.4) is 0 Å². The summed E-state index contributed by atoms with van der Waals surface area (Å²) >= 11 is 0. The Bertz CT molecular complexity index is 4130. The van der Waals surface area contributed by atoms with Gasteiger partial charge in [0.1, 0.15) is 41.6 Å². The van der Waals surface area contributed by atoms with Gasteiger partial charge in [-0.3, -0.25) is 0 Å². The maximum atomic E-state index is 10.7. The molecule has 10 aromatic carbocycles. The third-order valence-electron chi connectivity index (χ3n) is 17.2. The van der Waals surface area contributed by atoms with Gasteiger partial charge in [-0.15, -0.1) is 0 Å². The van der Waals surface area contributed by atoms with Crippen molar-refractivity contribution in [3.05, 3.63) is 277 Å². The number of hydrogen-bond donors (Lipinski definition) is 1. The van der Waals surface area contributed by atoms with Crippen molar-refractivity contribution in [2.24, 2.45) is 0 Å². The van der Waals surface area contributed by atoms with Crippen molar-refractivity contribution in [3.8, 4) is 33.9 Å². The second-order valence-corrected chi connectivity index (χ2v) is 22.1. The van der Waals surface area contributed by atoms with E-state index in [2.05, 4.69) is 239 Å². The lowest BCUT2D eigenvalue weighted by molar-refractivity contribution is 0.0110. The van der Waals surface area contributed by atoms with Gasteiger partial charge in [0, 0.05) is 68.9 Å². The van der Waals surface area contributed by atoms with Gasteiger partial charge in [0.15, 0.2) is 6.54 Å². The van der Waals surface area contributed by atoms with Crippen molar-refractivity contribution in [2.45, 2.75) is 50.2 Å². The van der Waals surface area contributed by atoms with E-state index in [0.29, 0.717) is 32.2 Å². The molecule has 1 saturated carbocycles. The second kappa shape index (κ2) is 24.8. The molecule has 0 bridgehead atoms. The van der Waals surface area contributed by atoms with E-state index < -0.39 is 5.60 Å². The smallest absolute Gasteiger partial charge is 0.203 e. The van der Waals surface area contributed by atoms with Gasteiger partial charge in [-0.25, -0.2) is 4.58 Å². The van der Waals surface area contributed by atoms with Gasteiger partial charge < -0.3 is 33.5 Å². The number of aliphatic hydroxyl groups excluding tert-OH is 1. The van der Waals surface area contributed by atoms with Crippen LogP contribution in [0.4, 0.5) is 28.4 Å². The van der Waals surface area contributed by atoms with Crippen LogP contribution in [0.2, 0.25) is 0 Å². The van der Waals surface area contributed by atoms with Crippen LogP contribution in [0.5, 0.6) is 11.5 Å². The molecule has 0 radical (unpaired) electrons. The highest BCUT2D eigenvalue weighted by Crippen LogP contribution is 2.47. The van der Waals surface area contributed by atoms with Gasteiger partial charge in [0.05, 0.1) is 38.3 Å². The topological polar surface area (TPSA) is 70.6 Å². The largest absolute Gasteiger partial charge is 0.497 e. The summed E-state index contributed by atoms with van der Waals surface area (Å²) in [5.74, 6) is 2.30. The number of ether oxygens (including phenoxy) is 3. The van der Waals surface area contributed by atoms with Crippen LogP contribution in [0.25, 0.3) is 55.0 Å². The Balaban J connectivity index is 0.921. The molecule has 0 atom stereocenters. The summed E-state index contributed by atoms with van der Waals surface area (Å²) in [6.45, 7) is 1.43. The van der Waals surface area contributed by atoms with E-state index in [1.165, 1.54) is 46.5 Å². The molecule has 3 aliphatic rings. The van der Waals surface area contributed by atoms with E-state index in [-0.39, 0.29) is 6.61 Å². The number of aliphatic hydroxyl groups is 1. The summed E-state index contributed by atoms with van der Waals surface area (Å²) in [6.07, 6.45) is 6.64. The molecule has 0 saturated heterocycles. The molecular weight excluding hydrogens is 1050 g/mol. The Morgan fingerprint density at radius 1 is 0.506 bits per heavy atom. The quantitative estimate of drug-likeness (QED) is 0.0374. The van der Waals surface area contributed by atoms with Crippen LogP contribution in [0.15, 0.2) is 259 Å². The fourth-order valence-corrected chi connectivity index (χ4v) is 13.1. The van der Waals surface area contributed by atoms with Gasteiger partial charge in [0.2, 0.25) is 5.36 Å². The molecule has 1 heterocycles. The maximum absolute atomic E-state index is 10.7. The van der Waals surface area contributed by atoms with Gasteiger partial charge in [-0.2, -0.15) is 0 Å². The summed E-state index contributed by atoms with van der Waals surface area (Å²) in [5.41, 5.74) is 11.6. The van der Waals surface area contributed by atoms with Crippen molar-refractivity contribution in [2.75, 3.05) is 50.3 Å². The lowest BCUT2D eigenvalue weighted by atomic mass is 9.80. The Morgan fingerprint density at radius 3 is 1.68 bits per heavy atom. The fourth-order valence-electron chi connectivity index (χ4n) is 13.1. The lowest BCUT2D eigenvalue weighted by Crippen LogP contribution is -2.36. The highest BCUT2D eigenvalue weighted by molar-refractivity contribution is 6.06. The lowest BCUT2D eigenvalue weighted by Gasteiger charge is -2.36. The molecule has 10 aromatic rings. The average molecular weight is 1120 g/mol. The van der Waals surface area contributed by atoms with Gasteiger partial charge >= 0.3 is 0 Å². The molecule has 1 fully saturated rings. The Morgan fingerprint density at radius 2 is 1.07 bits per heavy atom. The minimum Gasteiger partial charge on any atom is -0.497 e. The summed E-state index contributed by atoms with van der Waals surface area (Å²) in [5, 5.41) is 17.5. The van der Waals surface area contributed by atoms with Crippen LogP contribution in [-0.2, 0) is 10.3 Å². The van der Waals surface area contributed by atoms with Crippen molar-refractivity contribution in [1.82, 2.24) is 4.58 Å². The standard InChI is InChI=1S/C77H70N3O5/c1-82-66-43-35-59(36-44-66)77(58-23-6-3-7-24-58,60-37-45-67(83-2)46-38-60)84-52-18-49-78(50-51-81)64-41-47-70-74(53-64)85-75-54-65(79(61-25-8-4-9-26-61)62-27-10-5-11-28-62)42-48-71(75)76(70)57-33-39-63(40-34-57)80(72-31-16-21-55-19-12-14-29-68(55)72)73-32-17-22-56-20-13-15-30-69(56)73/h3-4,6-9,12-17,19-26,29-48,53-54,62,81H,5,10-11,18,27-28,49-52H2,1-2H3/q+1. The van der Waals surface area contributed by atoms with Crippen LogP contribution >= 0.6 is 0 Å². The predicted molar refractivity (Wildman–Crippen MR) is 348 cm³/mol. The summed E-state index contributed by atoms with van der Waals surface area (Å²) in [6, 6.07) is 90.8. The molecule has 1 N–H and O–H groups in total. The molecule has 0 amide bonds. The molecule has 0 unspecified atom stereocenters. The monoisotopic (exact) mass is 1120 g/mol. The van der Waals surface area contributed by atoms with E-state index in [0.717, 1.165) is 103 Å². The maximum Gasteiger partial charge on any atom is 0.203 e. The number of benzene rings is 11. The number of rotatable bonds is 19.